The van der Waals surface area contributed by atoms with Crippen molar-refractivity contribution >= 4 is 29.2 Å². The van der Waals surface area contributed by atoms with Crippen LogP contribution in [-0.4, -0.2) is 81.1 Å². The van der Waals surface area contributed by atoms with E-state index >= 15 is 0 Å². The number of aliphatic hydroxyl groups excluding tert-OH is 2. The fourth-order valence-corrected chi connectivity index (χ4v) is 6.15. The predicted octanol–water partition coefficient (Wildman–Crippen LogP) is 1.49. The van der Waals surface area contributed by atoms with Crippen LogP contribution in [0.3, 0.4) is 0 Å². The summed E-state index contributed by atoms with van der Waals surface area (Å²) in [6, 6.07) is 1.84. The molecule has 11 nitrogen and oxygen atoms in total. The smallest absolute Gasteiger partial charge is 0.306 e. The van der Waals surface area contributed by atoms with Gasteiger partial charge in [0.1, 0.15) is 22.8 Å². The summed E-state index contributed by atoms with van der Waals surface area (Å²) in [5.41, 5.74) is 2.59. The van der Waals surface area contributed by atoms with Gasteiger partial charge in [0.15, 0.2) is 11.4 Å². The molecule has 0 bridgehead atoms. The van der Waals surface area contributed by atoms with Gasteiger partial charge in [0.05, 0.1) is 18.2 Å². The monoisotopic (exact) mass is 556 g/mol. The number of esters is 1. The van der Waals surface area contributed by atoms with Crippen molar-refractivity contribution in [3.63, 3.8) is 0 Å². The maximum absolute atomic E-state index is 13.9. The van der Waals surface area contributed by atoms with Gasteiger partial charge in [0.2, 0.25) is 5.78 Å². The summed E-state index contributed by atoms with van der Waals surface area (Å²) in [5.74, 6) is -7.39. The number of hydrogen-bond acceptors (Lipinski definition) is 10. The van der Waals surface area contributed by atoms with Crippen molar-refractivity contribution in [3.05, 3.63) is 45.7 Å². The highest BCUT2D eigenvalue weighted by molar-refractivity contribution is 6.24. The Morgan fingerprint density at radius 3 is 2.38 bits per heavy atom. The lowest BCUT2D eigenvalue weighted by molar-refractivity contribution is -0.153. The van der Waals surface area contributed by atoms with Crippen molar-refractivity contribution in [3.8, 4) is 5.75 Å². The number of phenolic OH excluding ortho intramolecular Hbond substituents is 1. The normalized spacial score (nSPS) is 26.4. The van der Waals surface area contributed by atoms with Crippen molar-refractivity contribution in [2.24, 2.45) is 23.0 Å². The molecule has 0 saturated heterocycles. The molecule has 6 N–H and O–H groups in total. The number of Topliss-reactive ketones (excluding diaryl/α,β-unsaturated/α-hetero) is 2. The fraction of sp³-hybridized carbons (Fsp3) is 0.517. The average Bonchev–Trinajstić information content (AvgIpc) is 2.83. The number of nitrogens with two attached hydrogens (primary N) is 1. The summed E-state index contributed by atoms with van der Waals surface area (Å²) in [6.45, 7) is 6.09. The second-order valence-corrected chi connectivity index (χ2v) is 12.3. The van der Waals surface area contributed by atoms with E-state index in [1.54, 1.807) is 20.2 Å². The van der Waals surface area contributed by atoms with Crippen LogP contribution < -0.4 is 5.73 Å². The van der Waals surface area contributed by atoms with Gasteiger partial charge in [-0.3, -0.25) is 24.1 Å². The molecule has 0 radical (unpaired) electrons. The number of carbonyl (C=O) groups is 4. The SMILES string of the molecule is CN(C)[C@H]1C(=O)C(C(N)=O)=C(O)[C@]2(O)C(=O)C3=C(O)c4c(O)ccc(CCC(=O)OCC(C)(C)C)c4C[C@H]3C[C@@H]12. The molecule has 0 unspecified atom stereocenters. The number of aromatic hydroxyl groups is 1. The molecule has 3 aliphatic carbocycles. The minimum atomic E-state index is -2.69. The summed E-state index contributed by atoms with van der Waals surface area (Å²) >= 11 is 0. The number of fused-ring (bicyclic) bond motifs is 3. The van der Waals surface area contributed by atoms with Crippen LogP contribution in [0.1, 0.15) is 50.3 Å². The van der Waals surface area contributed by atoms with Crippen molar-refractivity contribution < 1.29 is 44.3 Å². The van der Waals surface area contributed by atoms with Crippen LogP contribution in [0.4, 0.5) is 0 Å². The van der Waals surface area contributed by atoms with Gasteiger partial charge < -0.3 is 30.9 Å². The number of aliphatic hydroxyl groups is 3. The van der Waals surface area contributed by atoms with Crippen molar-refractivity contribution in [2.75, 3.05) is 20.7 Å². The van der Waals surface area contributed by atoms with Gasteiger partial charge in [-0.1, -0.05) is 26.8 Å². The number of ether oxygens (including phenoxy) is 1. The van der Waals surface area contributed by atoms with Gasteiger partial charge in [-0.25, -0.2) is 0 Å². The number of phenols is 1. The third kappa shape index (κ3) is 4.66. The molecule has 1 amide bonds. The van der Waals surface area contributed by atoms with Gasteiger partial charge >= 0.3 is 5.97 Å². The molecule has 0 aromatic heterocycles. The molecule has 4 atom stereocenters. The van der Waals surface area contributed by atoms with Crippen LogP contribution in [0, 0.1) is 17.3 Å². The first-order valence-electron chi connectivity index (χ1n) is 13.1. The van der Waals surface area contributed by atoms with E-state index in [1.165, 1.54) is 11.0 Å². The number of hydrogen-bond donors (Lipinski definition) is 5. The Morgan fingerprint density at radius 2 is 1.80 bits per heavy atom. The largest absolute Gasteiger partial charge is 0.508 e. The van der Waals surface area contributed by atoms with Crippen LogP contribution in [0.2, 0.25) is 0 Å². The number of primary amides is 1. The summed E-state index contributed by atoms with van der Waals surface area (Å²) in [6.07, 6.45) is 0.471. The summed E-state index contributed by atoms with van der Waals surface area (Å²) in [5, 5.41) is 44.5. The van der Waals surface area contributed by atoms with Crippen molar-refractivity contribution in [1.82, 2.24) is 4.90 Å². The van der Waals surface area contributed by atoms with Crippen LogP contribution >= 0.6 is 0 Å². The predicted molar refractivity (Wildman–Crippen MR) is 143 cm³/mol. The molecular weight excluding hydrogens is 520 g/mol. The van der Waals surface area contributed by atoms with E-state index in [1.807, 2.05) is 20.8 Å². The number of amides is 1. The zero-order valence-electron chi connectivity index (χ0n) is 23.3. The number of benzene rings is 1. The molecule has 1 saturated carbocycles. The Morgan fingerprint density at radius 1 is 1.15 bits per heavy atom. The van der Waals surface area contributed by atoms with E-state index < -0.39 is 64.0 Å². The van der Waals surface area contributed by atoms with E-state index in [0.717, 1.165) is 0 Å². The van der Waals surface area contributed by atoms with Crippen LogP contribution in [0.15, 0.2) is 29.0 Å². The Bertz CT molecular complexity index is 1370. The van der Waals surface area contributed by atoms with Gasteiger partial charge in [0, 0.05) is 17.9 Å². The summed E-state index contributed by atoms with van der Waals surface area (Å²) < 4.78 is 5.35. The third-order valence-corrected chi connectivity index (χ3v) is 7.97. The lowest BCUT2D eigenvalue weighted by Crippen LogP contribution is -2.65. The van der Waals surface area contributed by atoms with E-state index in [0.29, 0.717) is 11.1 Å². The number of carbonyl (C=O) groups excluding carboxylic acids is 4. The van der Waals surface area contributed by atoms with Gasteiger partial charge in [-0.05, 0) is 61.9 Å². The molecule has 0 spiro atoms. The second-order valence-electron chi connectivity index (χ2n) is 12.3. The number of nitrogens with zero attached hydrogens (tertiary/aromatic N) is 1. The quantitative estimate of drug-likeness (QED) is 0.254. The highest BCUT2D eigenvalue weighted by Gasteiger charge is 2.64. The molecule has 4 rings (SSSR count). The summed E-state index contributed by atoms with van der Waals surface area (Å²) in [7, 11) is 3.09. The third-order valence-electron chi connectivity index (χ3n) is 7.97. The Kier molecular flexibility index (Phi) is 7.35. The minimum absolute atomic E-state index is 0.00292. The Labute approximate surface area is 231 Å². The fourth-order valence-electron chi connectivity index (χ4n) is 6.15. The molecule has 1 aromatic rings. The first-order chi connectivity index (χ1) is 18.5. The van der Waals surface area contributed by atoms with Crippen molar-refractivity contribution in [2.45, 2.75) is 58.1 Å². The van der Waals surface area contributed by atoms with Crippen LogP contribution in [0.25, 0.3) is 5.76 Å². The number of likely N-dealkylation sites (N-methyl/N-ethyl adjacent to an activating group) is 1. The molecule has 1 aromatic carbocycles. The molecule has 11 heteroatoms. The van der Waals surface area contributed by atoms with E-state index in [2.05, 4.69) is 0 Å². The summed E-state index contributed by atoms with van der Waals surface area (Å²) in [4.78, 5) is 52.9. The van der Waals surface area contributed by atoms with Crippen LogP contribution in [0.5, 0.6) is 5.75 Å². The lowest BCUT2D eigenvalue weighted by atomic mass is 9.57. The minimum Gasteiger partial charge on any atom is -0.508 e. The molecule has 1 fully saturated rings. The van der Waals surface area contributed by atoms with Crippen LogP contribution in [-0.2, 0) is 36.8 Å². The van der Waals surface area contributed by atoms with Gasteiger partial charge in [-0.2, -0.15) is 0 Å². The van der Waals surface area contributed by atoms with Gasteiger partial charge in [0.25, 0.3) is 5.91 Å². The Hall–Kier alpha value is -3.70. The first-order valence-corrected chi connectivity index (χ1v) is 13.1. The first kappa shape index (κ1) is 29.3. The molecular formula is C29H36N2O9. The van der Waals surface area contributed by atoms with Gasteiger partial charge in [-0.15, -0.1) is 0 Å². The highest BCUT2D eigenvalue weighted by Crippen LogP contribution is 2.53. The lowest BCUT2D eigenvalue weighted by Gasteiger charge is -2.50. The molecule has 40 heavy (non-hydrogen) atoms. The zero-order valence-corrected chi connectivity index (χ0v) is 23.3. The van der Waals surface area contributed by atoms with Crippen molar-refractivity contribution in [1.29, 1.82) is 0 Å². The van der Waals surface area contributed by atoms with E-state index in [9.17, 15) is 39.6 Å². The number of rotatable bonds is 6. The maximum Gasteiger partial charge on any atom is 0.306 e. The molecule has 216 valence electrons. The molecule has 3 aliphatic rings. The number of aryl methyl sites for hydroxylation is 1. The average molecular weight is 557 g/mol. The number of ketones is 2. The second kappa shape index (κ2) is 10.0. The van der Waals surface area contributed by atoms with E-state index in [4.69, 9.17) is 10.5 Å². The topological polar surface area (TPSA) is 188 Å². The standard InChI is InChI=1S/C29H36N2O9/c1-28(2,3)12-40-18(33)9-7-13-6-8-17(32)20-15(13)10-14-11-16-22(31(4)5)24(35)21(27(30)38)26(37)29(16,39)25(36)19(14)23(20)34/h6,8,14,16,22,32,34,37,39H,7,9-12H2,1-5H3,(H2,30,38)/t14-,16-,22+,29+/m0/s1. The highest BCUT2D eigenvalue weighted by atomic mass is 16.5. The molecule has 0 aliphatic heterocycles. The zero-order chi connectivity index (χ0) is 29.9. The maximum atomic E-state index is 13.9. The Balaban J connectivity index is 1.77. The molecule has 0 heterocycles. The van der Waals surface area contributed by atoms with E-state index in [-0.39, 0.29) is 54.6 Å².